The molecule has 1 saturated heterocycles. The summed E-state index contributed by atoms with van der Waals surface area (Å²) in [4.78, 5) is 3.18. The Bertz CT molecular complexity index is 1050. The van der Waals surface area contributed by atoms with Gasteiger partial charge in [0.15, 0.2) is 9.84 Å². The minimum absolute atomic E-state index is 0.125. The lowest BCUT2D eigenvalue weighted by Crippen LogP contribution is -2.43. The first-order chi connectivity index (χ1) is 15.5. The molecule has 4 nitrogen and oxygen atoms in total. The maximum absolute atomic E-state index is 12.1. The number of ether oxygens (including phenoxy) is 1. The average Bonchev–Trinajstić information content (AvgIpc) is 3.48. The Balaban J connectivity index is 1.33. The number of sulfone groups is 1. The summed E-state index contributed by atoms with van der Waals surface area (Å²) in [6, 6.07) is 14.6. The Labute approximate surface area is 192 Å². The molecule has 3 aliphatic rings. The van der Waals surface area contributed by atoms with Crippen LogP contribution in [0.15, 0.2) is 47.4 Å². The molecule has 172 valence electrons. The monoisotopic (exact) mass is 453 g/mol. The van der Waals surface area contributed by atoms with E-state index < -0.39 is 9.84 Å². The van der Waals surface area contributed by atoms with Crippen LogP contribution >= 0.6 is 0 Å². The van der Waals surface area contributed by atoms with Crippen LogP contribution in [0.2, 0.25) is 0 Å². The van der Waals surface area contributed by atoms with Crippen LogP contribution in [-0.4, -0.2) is 45.3 Å². The highest BCUT2D eigenvalue weighted by atomic mass is 32.2. The first kappa shape index (κ1) is 22.0. The van der Waals surface area contributed by atoms with E-state index in [1.165, 1.54) is 57.2 Å². The van der Waals surface area contributed by atoms with Gasteiger partial charge in [-0.25, -0.2) is 8.42 Å². The Morgan fingerprint density at radius 3 is 2.25 bits per heavy atom. The number of hydrogen-bond donors (Lipinski definition) is 0. The van der Waals surface area contributed by atoms with Crippen molar-refractivity contribution in [1.29, 1.82) is 0 Å². The van der Waals surface area contributed by atoms with Crippen LogP contribution < -0.4 is 4.74 Å². The molecule has 2 bridgehead atoms. The number of rotatable bonds is 6. The average molecular weight is 454 g/mol. The standard InChI is InChI=1S/C27H35NO3S/c1-3-32(29,30)24-9-6-20(7-10-24)22-8-11-27(31-2)25(18-22)21-12-14-28(15-13-21)26-17-19-4-5-23(26)16-19/h6-11,18-19,21,23,26H,3-5,12-17H2,1-2H3. The molecule has 0 spiro atoms. The Morgan fingerprint density at radius 2 is 1.66 bits per heavy atom. The second kappa shape index (κ2) is 8.83. The van der Waals surface area contributed by atoms with E-state index in [1.807, 2.05) is 12.1 Å². The van der Waals surface area contributed by atoms with Crippen molar-refractivity contribution in [1.82, 2.24) is 4.90 Å². The molecule has 5 heteroatoms. The molecule has 0 radical (unpaired) electrons. The van der Waals surface area contributed by atoms with E-state index >= 15 is 0 Å². The number of piperidine rings is 1. The van der Waals surface area contributed by atoms with Crippen LogP contribution in [0.1, 0.15) is 56.9 Å². The highest BCUT2D eigenvalue weighted by Crippen LogP contribution is 2.48. The quantitative estimate of drug-likeness (QED) is 0.577. The lowest BCUT2D eigenvalue weighted by molar-refractivity contribution is 0.110. The minimum Gasteiger partial charge on any atom is -0.496 e. The molecule has 0 N–H and O–H groups in total. The lowest BCUT2D eigenvalue weighted by Gasteiger charge is -2.40. The maximum Gasteiger partial charge on any atom is 0.178 e. The van der Waals surface area contributed by atoms with Crippen LogP contribution in [0.4, 0.5) is 0 Å². The molecular weight excluding hydrogens is 418 g/mol. The summed E-state index contributed by atoms with van der Waals surface area (Å²) in [7, 11) is -1.42. The number of fused-ring (bicyclic) bond motifs is 2. The van der Waals surface area contributed by atoms with E-state index in [-0.39, 0.29) is 5.75 Å². The highest BCUT2D eigenvalue weighted by molar-refractivity contribution is 7.91. The van der Waals surface area contributed by atoms with E-state index in [4.69, 9.17) is 4.74 Å². The van der Waals surface area contributed by atoms with Crippen molar-refractivity contribution < 1.29 is 13.2 Å². The fourth-order valence-corrected chi connectivity index (χ4v) is 7.34. The highest BCUT2D eigenvalue weighted by Gasteiger charge is 2.43. The fraction of sp³-hybridized carbons (Fsp3) is 0.556. The molecule has 3 fully saturated rings. The van der Waals surface area contributed by atoms with E-state index in [9.17, 15) is 8.42 Å². The third kappa shape index (κ3) is 4.10. The summed E-state index contributed by atoms with van der Waals surface area (Å²) in [6.07, 6.45) is 8.18. The van der Waals surface area contributed by atoms with Gasteiger partial charge < -0.3 is 9.64 Å². The third-order valence-electron chi connectivity index (χ3n) is 8.30. The van der Waals surface area contributed by atoms with Crippen LogP contribution in [0.3, 0.4) is 0 Å². The van der Waals surface area contributed by atoms with E-state index in [0.717, 1.165) is 34.8 Å². The van der Waals surface area contributed by atoms with Gasteiger partial charge in [-0.1, -0.05) is 31.5 Å². The molecule has 2 aromatic carbocycles. The molecule has 2 saturated carbocycles. The van der Waals surface area contributed by atoms with E-state index in [1.54, 1.807) is 26.2 Å². The molecule has 32 heavy (non-hydrogen) atoms. The predicted octanol–water partition coefficient (Wildman–Crippen LogP) is 5.52. The van der Waals surface area contributed by atoms with Crippen molar-refractivity contribution in [3.05, 3.63) is 48.0 Å². The smallest absolute Gasteiger partial charge is 0.178 e. The van der Waals surface area contributed by atoms with E-state index in [0.29, 0.717) is 10.8 Å². The molecule has 1 aliphatic heterocycles. The molecule has 5 rings (SSSR count). The molecule has 3 atom stereocenters. The zero-order valence-electron chi connectivity index (χ0n) is 19.3. The largest absolute Gasteiger partial charge is 0.496 e. The third-order valence-corrected chi connectivity index (χ3v) is 10.0. The van der Waals surface area contributed by atoms with Crippen LogP contribution in [0.25, 0.3) is 11.1 Å². The van der Waals surface area contributed by atoms with Gasteiger partial charge in [-0.05, 0) is 104 Å². The van der Waals surface area contributed by atoms with Crippen molar-refractivity contribution in [2.75, 3.05) is 26.0 Å². The summed E-state index contributed by atoms with van der Waals surface area (Å²) < 4.78 is 30.0. The number of hydrogen-bond acceptors (Lipinski definition) is 4. The van der Waals surface area contributed by atoms with Gasteiger partial charge in [-0.15, -0.1) is 0 Å². The van der Waals surface area contributed by atoms with Crippen molar-refractivity contribution in [3.63, 3.8) is 0 Å². The van der Waals surface area contributed by atoms with Gasteiger partial charge in [0.25, 0.3) is 0 Å². The molecule has 0 aromatic heterocycles. The van der Waals surface area contributed by atoms with Gasteiger partial charge in [0.05, 0.1) is 17.8 Å². The van der Waals surface area contributed by atoms with Crippen molar-refractivity contribution in [3.8, 4) is 16.9 Å². The van der Waals surface area contributed by atoms with Gasteiger partial charge in [0.1, 0.15) is 5.75 Å². The number of methoxy groups -OCH3 is 1. The van der Waals surface area contributed by atoms with Crippen molar-refractivity contribution in [2.24, 2.45) is 11.8 Å². The number of likely N-dealkylation sites (tertiary alicyclic amines) is 1. The summed E-state index contributed by atoms with van der Waals surface area (Å²) in [6.45, 7) is 4.06. The van der Waals surface area contributed by atoms with Crippen molar-refractivity contribution in [2.45, 2.75) is 62.3 Å². The Kier molecular flexibility index (Phi) is 6.06. The maximum atomic E-state index is 12.1. The second-order valence-corrected chi connectivity index (χ2v) is 12.2. The number of benzene rings is 2. The van der Waals surface area contributed by atoms with Crippen LogP contribution in [-0.2, 0) is 9.84 Å². The normalized spacial score (nSPS) is 26.5. The molecule has 2 aliphatic carbocycles. The molecule has 0 amide bonds. The summed E-state index contributed by atoms with van der Waals surface area (Å²) in [5.74, 6) is 3.56. The van der Waals surface area contributed by atoms with E-state index in [2.05, 4.69) is 23.1 Å². The summed E-state index contributed by atoms with van der Waals surface area (Å²) in [5.41, 5.74) is 3.46. The summed E-state index contributed by atoms with van der Waals surface area (Å²) in [5, 5.41) is 0. The predicted molar refractivity (Wildman–Crippen MR) is 129 cm³/mol. The van der Waals surface area contributed by atoms with Gasteiger partial charge in [-0.2, -0.15) is 0 Å². The number of nitrogens with zero attached hydrogens (tertiary/aromatic N) is 1. The first-order valence-corrected chi connectivity index (χ1v) is 13.9. The van der Waals surface area contributed by atoms with Gasteiger partial charge in [0, 0.05) is 6.04 Å². The topological polar surface area (TPSA) is 46.6 Å². The lowest BCUT2D eigenvalue weighted by atomic mass is 9.85. The van der Waals surface area contributed by atoms with Gasteiger partial charge in [-0.3, -0.25) is 0 Å². The van der Waals surface area contributed by atoms with Crippen LogP contribution in [0.5, 0.6) is 5.75 Å². The second-order valence-electron chi connectivity index (χ2n) is 9.94. The zero-order chi connectivity index (χ0) is 22.3. The molecular formula is C27H35NO3S. The Morgan fingerprint density at radius 1 is 0.938 bits per heavy atom. The molecule has 2 aromatic rings. The zero-order valence-corrected chi connectivity index (χ0v) is 20.1. The van der Waals surface area contributed by atoms with Crippen molar-refractivity contribution >= 4 is 9.84 Å². The van der Waals surface area contributed by atoms with Gasteiger partial charge in [0.2, 0.25) is 0 Å². The Hall–Kier alpha value is -1.85. The summed E-state index contributed by atoms with van der Waals surface area (Å²) >= 11 is 0. The van der Waals surface area contributed by atoms with Crippen LogP contribution in [0, 0.1) is 11.8 Å². The fourth-order valence-electron chi connectivity index (χ4n) is 6.45. The molecule has 1 heterocycles. The minimum atomic E-state index is -3.17. The molecule has 3 unspecified atom stereocenters. The SMILES string of the molecule is CCS(=O)(=O)c1ccc(-c2ccc(OC)c(C3CCN(C4CC5CCC4C5)CC3)c2)cc1. The first-order valence-electron chi connectivity index (χ1n) is 12.2. The van der Waals surface area contributed by atoms with Gasteiger partial charge >= 0.3 is 0 Å².